The first-order chi connectivity index (χ1) is 8.95. The number of rotatable bonds is 3. The van der Waals surface area contributed by atoms with E-state index in [1.54, 1.807) is 0 Å². The molecule has 0 aromatic heterocycles. The highest BCUT2D eigenvalue weighted by molar-refractivity contribution is 6.30. The summed E-state index contributed by atoms with van der Waals surface area (Å²) in [6.07, 6.45) is -0.108. The number of hydrogen-bond donors (Lipinski definition) is 0. The molecule has 2 aromatic carbocycles. The molecule has 0 aliphatic rings. The van der Waals surface area contributed by atoms with Crippen molar-refractivity contribution in [3.05, 3.63) is 70.0 Å². The third-order valence-corrected chi connectivity index (χ3v) is 2.82. The fourth-order valence-electron chi connectivity index (χ4n) is 1.65. The minimum atomic E-state index is -0.819. The van der Waals surface area contributed by atoms with Gasteiger partial charge in [-0.2, -0.15) is 0 Å². The molecule has 0 N–H and O–H groups in total. The van der Waals surface area contributed by atoms with Crippen molar-refractivity contribution in [3.8, 4) is 0 Å². The molecule has 0 amide bonds. The summed E-state index contributed by atoms with van der Waals surface area (Å²) in [5.74, 6) is -2.70. The Morgan fingerprint density at radius 3 is 2.21 bits per heavy atom. The van der Waals surface area contributed by atoms with Crippen LogP contribution in [0.1, 0.15) is 15.9 Å². The third-order valence-electron chi connectivity index (χ3n) is 2.53. The van der Waals surface area contributed by atoms with Gasteiger partial charge in [-0.25, -0.2) is 13.2 Å². The largest absolute Gasteiger partial charge is 0.294 e. The first-order valence-electron chi connectivity index (χ1n) is 5.39. The lowest BCUT2D eigenvalue weighted by Gasteiger charge is -2.03. The lowest BCUT2D eigenvalue weighted by atomic mass is 10.0. The second kappa shape index (κ2) is 5.45. The molecule has 0 spiro atoms. The zero-order chi connectivity index (χ0) is 14.0. The molecule has 0 saturated heterocycles. The van der Waals surface area contributed by atoms with Gasteiger partial charge in [0.2, 0.25) is 0 Å². The third kappa shape index (κ3) is 3.35. The highest BCUT2D eigenvalue weighted by atomic mass is 35.5. The van der Waals surface area contributed by atoms with Crippen LogP contribution in [0.3, 0.4) is 0 Å². The van der Waals surface area contributed by atoms with Gasteiger partial charge in [0.15, 0.2) is 5.78 Å². The molecular formula is C14H8ClF3O. The topological polar surface area (TPSA) is 17.1 Å². The van der Waals surface area contributed by atoms with Crippen molar-refractivity contribution < 1.29 is 18.0 Å². The highest BCUT2D eigenvalue weighted by Crippen LogP contribution is 2.18. The molecule has 0 bridgehead atoms. The maximum absolute atomic E-state index is 13.0. The molecule has 2 aromatic rings. The van der Waals surface area contributed by atoms with Crippen molar-refractivity contribution in [3.63, 3.8) is 0 Å². The summed E-state index contributed by atoms with van der Waals surface area (Å²) in [6, 6.07) is 6.44. The van der Waals surface area contributed by atoms with E-state index in [-0.39, 0.29) is 17.0 Å². The van der Waals surface area contributed by atoms with Gasteiger partial charge in [-0.1, -0.05) is 17.7 Å². The van der Waals surface area contributed by atoms with Crippen molar-refractivity contribution in [2.45, 2.75) is 6.42 Å². The Labute approximate surface area is 112 Å². The van der Waals surface area contributed by atoms with Crippen LogP contribution in [0, 0.1) is 17.5 Å². The van der Waals surface area contributed by atoms with E-state index in [9.17, 15) is 18.0 Å². The number of hydrogen-bond acceptors (Lipinski definition) is 1. The predicted molar refractivity (Wildman–Crippen MR) is 65.8 cm³/mol. The zero-order valence-corrected chi connectivity index (χ0v) is 10.3. The van der Waals surface area contributed by atoms with Gasteiger partial charge in [0, 0.05) is 18.1 Å². The van der Waals surface area contributed by atoms with Crippen molar-refractivity contribution >= 4 is 17.4 Å². The molecule has 98 valence electrons. The molecule has 0 heterocycles. The number of Topliss-reactive ketones (excluding diaryl/α,β-unsaturated/α-hetero) is 1. The molecule has 1 nitrogen and oxygen atoms in total. The fourth-order valence-corrected chi connectivity index (χ4v) is 1.86. The van der Waals surface area contributed by atoms with Gasteiger partial charge in [-0.15, -0.1) is 0 Å². The Bertz CT molecular complexity index is 620. The van der Waals surface area contributed by atoms with Gasteiger partial charge in [0.25, 0.3) is 0 Å². The van der Waals surface area contributed by atoms with E-state index in [4.69, 9.17) is 11.6 Å². The van der Waals surface area contributed by atoms with Crippen LogP contribution in [0.4, 0.5) is 13.2 Å². The lowest BCUT2D eigenvalue weighted by molar-refractivity contribution is 0.0992. The van der Waals surface area contributed by atoms with Crippen LogP contribution in [0.5, 0.6) is 0 Å². The Hall–Kier alpha value is -1.81. The first kappa shape index (κ1) is 13.6. The van der Waals surface area contributed by atoms with E-state index in [1.807, 2.05) is 0 Å². The number of benzene rings is 2. The molecule has 0 fully saturated rings. The van der Waals surface area contributed by atoms with Crippen LogP contribution in [0.25, 0.3) is 0 Å². The number of ketones is 1. The molecule has 19 heavy (non-hydrogen) atoms. The van der Waals surface area contributed by atoms with E-state index in [1.165, 1.54) is 12.1 Å². The van der Waals surface area contributed by atoms with Crippen LogP contribution < -0.4 is 0 Å². The van der Waals surface area contributed by atoms with E-state index in [2.05, 4.69) is 0 Å². The van der Waals surface area contributed by atoms with E-state index in [0.29, 0.717) is 11.6 Å². The summed E-state index contributed by atoms with van der Waals surface area (Å²) in [5.41, 5.74) is 0.402. The number of carbonyl (C=O) groups is 1. The molecule has 0 aliphatic carbocycles. The quantitative estimate of drug-likeness (QED) is 0.773. The van der Waals surface area contributed by atoms with Gasteiger partial charge in [-0.05, 0) is 29.8 Å². The zero-order valence-electron chi connectivity index (χ0n) is 9.59. The Balaban J connectivity index is 2.22. The Morgan fingerprint density at radius 1 is 1.00 bits per heavy atom. The van der Waals surface area contributed by atoms with Crippen LogP contribution in [0.15, 0.2) is 36.4 Å². The Kier molecular flexibility index (Phi) is 3.90. The molecule has 0 radical (unpaired) electrons. The molecular weight excluding hydrogens is 277 g/mol. The van der Waals surface area contributed by atoms with Crippen LogP contribution in [0.2, 0.25) is 5.02 Å². The average molecular weight is 285 g/mol. The number of halogens is 4. The van der Waals surface area contributed by atoms with Gasteiger partial charge >= 0.3 is 0 Å². The van der Waals surface area contributed by atoms with E-state index < -0.39 is 23.2 Å². The van der Waals surface area contributed by atoms with Crippen LogP contribution in [-0.2, 0) is 6.42 Å². The maximum Gasteiger partial charge on any atom is 0.167 e. The van der Waals surface area contributed by atoms with Gasteiger partial charge in [0.1, 0.15) is 17.5 Å². The minimum absolute atomic E-state index is 0.0713. The molecule has 2 rings (SSSR count). The monoisotopic (exact) mass is 284 g/mol. The standard InChI is InChI=1S/C14H8ClF3O/c15-12-3-8(1-2-13(12)18)4-14(19)9-5-10(16)7-11(17)6-9/h1-3,5-7H,4H2. The summed E-state index contributed by atoms with van der Waals surface area (Å²) >= 11 is 5.59. The SMILES string of the molecule is O=C(Cc1ccc(F)c(Cl)c1)c1cc(F)cc(F)c1. The summed E-state index contributed by atoms with van der Waals surface area (Å²) < 4.78 is 38.9. The molecule has 5 heteroatoms. The average Bonchev–Trinajstić information content (AvgIpc) is 2.32. The van der Waals surface area contributed by atoms with Gasteiger partial charge in [-0.3, -0.25) is 4.79 Å². The van der Waals surface area contributed by atoms with Crippen molar-refractivity contribution in [1.82, 2.24) is 0 Å². The molecule has 0 saturated carbocycles. The molecule has 0 atom stereocenters. The first-order valence-corrected chi connectivity index (χ1v) is 5.77. The minimum Gasteiger partial charge on any atom is -0.294 e. The van der Waals surface area contributed by atoms with Crippen molar-refractivity contribution in [1.29, 1.82) is 0 Å². The predicted octanol–water partition coefficient (Wildman–Crippen LogP) is 4.18. The summed E-state index contributed by atoms with van der Waals surface area (Å²) in [4.78, 5) is 11.8. The maximum atomic E-state index is 13.0. The lowest BCUT2D eigenvalue weighted by Crippen LogP contribution is -2.05. The Morgan fingerprint density at radius 2 is 1.63 bits per heavy atom. The molecule has 0 unspecified atom stereocenters. The van der Waals surface area contributed by atoms with Crippen molar-refractivity contribution in [2.24, 2.45) is 0 Å². The van der Waals surface area contributed by atoms with Gasteiger partial charge < -0.3 is 0 Å². The van der Waals surface area contributed by atoms with E-state index in [0.717, 1.165) is 18.2 Å². The normalized spacial score (nSPS) is 10.5. The summed E-state index contributed by atoms with van der Waals surface area (Å²) in [5, 5.41) is -0.101. The van der Waals surface area contributed by atoms with E-state index >= 15 is 0 Å². The molecule has 0 aliphatic heterocycles. The summed E-state index contributed by atoms with van der Waals surface area (Å²) in [6.45, 7) is 0. The van der Waals surface area contributed by atoms with Crippen LogP contribution >= 0.6 is 11.6 Å². The highest BCUT2D eigenvalue weighted by Gasteiger charge is 2.11. The fraction of sp³-hybridized carbons (Fsp3) is 0.0714. The van der Waals surface area contributed by atoms with Gasteiger partial charge in [0.05, 0.1) is 5.02 Å². The summed E-state index contributed by atoms with van der Waals surface area (Å²) in [7, 11) is 0. The smallest absolute Gasteiger partial charge is 0.167 e. The second-order valence-corrected chi connectivity index (χ2v) is 4.41. The van der Waals surface area contributed by atoms with Crippen LogP contribution in [-0.4, -0.2) is 5.78 Å². The second-order valence-electron chi connectivity index (χ2n) is 4.01. The number of carbonyl (C=O) groups excluding carboxylic acids is 1. The van der Waals surface area contributed by atoms with Crippen molar-refractivity contribution in [2.75, 3.05) is 0 Å².